The van der Waals surface area contributed by atoms with Crippen molar-refractivity contribution >= 4 is 51.1 Å². The molecule has 0 spiro atoms. The number of hydrogen-bond acceptors (Lipinski definition) is 5. The number of hydrogen-bond donors (Lipinski definition) is 2. The summed E-state index contributed by atoms with van der Waals surface area (Å²) in [6, 6.07) is 18.5. The number of rotatable bonds is 6. The van der Waals surface area contributed by atoms with Crippen LogP contribution in [-0.4, -0.2) is 18.6 Å². The molecule has 0 aliphatic carbocycles. The van der Waals surface area contributed by atoms with Crippen LogP contribution in [0.1, 0.15) is 42.2 Å². The summed E-state index contributed by atoms with van der Waals surface area (Å²) >= 11 is 11.1. The summed E-state index contributed by atoms with van der Waals surface area (Å²) < 4.78 is 16.2. The number of ether oxygens (including phenoxy) is 2. The molecule has 0 saturated carbocycles. The number of halogens is 2. The van der Waals surface area contributed by atoms with Crippen molar-refractivity contribution in [2.75, 3.05) is 12.4 Å². The van der Waals surface area contributed by atoms with Crippen LogP contribution in [0.2, 0.25) is 5.02 Å². The highest BCUT2D eigenvalue weighted by Crippen LogP contribution is 2.42. The molecule has 5 nitrogen and oxygen atoms in total. The Kier molecular flexibility index (Phi) is 7.24. The Morgan fingerprint density at radius 1 is 1.15 bits per heavy atom. The van der Waals surface area contributed by atoms with Crippen molar-refractivity contribution in [2.45, 2.75) is 36.8 Å². The van der Waals surface area contributed by atoms with Gasteiger partial charge in [-0.15, -0.1) is 0 Å². The molecule has 1 heterocycles. The van der Waals surface area contributed by atoms with Crippen molar-refractivity contribution in [1.82, 2.24) is 4.72 Å². The van der Waals surface area contributed by atoms with E-state index in [1.807, 2.05) is 48.5 Å². The van der Waals surface area contributed by atoms with Crippen LogP contribution in [-0.2, 0) is 0 Å². The van der Waals surface area contributed by atoms with Gasteiger partial charge in [-0.3, -0.25) is 9.52 Å². The lowest BCUT2D eigenvalue weighted by Gasteiger charge is -2.38. The molecule has 2 N–H and O–H groups in total. The lowest BCUT2D eigenvalue weighted by atomic mass is 9.89. The molecule has 3 aromatic carbocycles. The summed E-state index contributed by atoms with van der Waals surface area (Å²) in [6.07, 6.45) is 0.730. The zero-order valence-electron chi connectivity index (χ0n) is 18.4. The van der Waals surface area contributed by atoms with Crippen LogP contribution >= 0.6 is 39.5 Å². The van der Waals surface area contributed by atoms with E-state index in [4.69, 9.17) is 21.1 Å². The molecule has 3 aromatic rings. The minimum atomic E-state index is -0.356. The Morgan fingerprint density at radius 3 is 2.64 bits per heavy atom. The first-order chi connectivity index (χ1) is 15.7. The van der Waals surface area contributed by atoms with Crippen LogP contribution in [0.4, 0.5) is 5.69 Å². The van der Waals surface area contributed by atoms with E-state index in [-0.39, 0.29) is 17.6 Å². The molecule has 0 radical (unpaired) electrons. The van der Waals surface area contributed by atoms with Gasteiger partial charge >= 0.3 is 0 Å². The van der Waals surface area contributed by atoms with Crippen molar-refractivity contribution in [3.63, 3.8) is 0 Å². The molecule has 0 fully saturated rings. The minimum absolute atomic E-state index is 0.0436. The first-order valence-corrected chi connectivity index (χ1v) is 12.4. The fourth-order valence-corrected chi connectivity index (χ4v) is 5.12. The van der Waals surface area contributed by atoms with Crippen LogP contribution in [0, 0.1) is 0 Å². The molecular formula is C25H24BrClN2O3S. The lowest BCUT2D eigenvalue weighted by Crippen LogP contribution is -2.38. The predicted molar refractivity (Wildman–Crippen MR) is 138 cm³/mol. The zero-order chi connectivity index (χ0) is 23.6. The van der Waals surface area contributed by atoms with Gasteiger partial charge in [0.25, 0.3) is 5.91 Å². The van der Waals surface area contributed by atoms with Gasteiger partial charge in [0.2, 0.25) is 0 Å². The molecule has 1 aliphatic rings. The maximum absolute atomic E-state index is 12.9. The van der Waals surface area contributed by atoms with Crippen molar-refractivity contribution in [3.8, 4) is 11.5 Å². The maximum atomic E-state index is 12.9. The van der Waals surface area contributed by atoms with Crippen molar-refractivity contribution < 1.29 is 14.3 Å². The van der Waals surface area contributed by atoms with Gasteiger partial charge < -0.3 is 14.8 Å². The molecule has 1 unspecified atom stereocenters. The van der Waals surface area contributed by atoms with Gasteiger partial charge in [-0.1, -0.05) is 27.5 Å². The van der Waals surface area contributed by atoms with Crippen LogP contribution < -0.4 is 19.5 Å². The van der Waals surface area contributed by atoms with E-state index in [0.29, 0.717) is 10.6 Å². The van der Waals surface area contributed by atoms with Gasteiger partial charge in [-0.05, 0) is 86.5 Å². The van der Waals surface area contributed by atoms with Crippen LogP contribution in [0.3, 0.4) is 0 Å². The zero-order valence-corrected chi connectivity index (χ0v) is 21.6. The number of methoxy groups -OCH3 is 1. The van der Waals surface area contributed by atoms with E-state index in [9.17, 15) is 4.79 Å². The van der Waals surface area contributed by atoms with Gasteiger partial charge in [-0.25, -0.2) is 0 Å². The fourth-order valence-electron chi connectivity index (χ4n) is 3.70. The maximum Gasteiger partial charge on any atom is 0.255 e. The van der Waals surface area contributed by atoms with Crippen LogP contribution in [0.5, 0.6) is 11.5 Å². The highest BCUT2D eigenvalue weighted by atomic mass is 79.9. The van der Waals surface area contributed by atoms with Crippen molar-refractivity contribution in [1.29, 1.82) is 0 Å². The Balaban J connectivity index is 1.58. The van der Waals surface area contributed by atoms with Gasteiger partial charge in [-0.2, -0.15) is 0 Å². The van der Waals surface area contributed by atoms with Crippen LogP contribution in [0.25, 0.3) is 0 Å². The number of anilines is 1. The Morgan fingerprint density at radius 2 is 1.91 bits per heavy atom. The average Bonchev–Trinajstić information content (AvgIpc) is 2.78. The lowest BCUT2D eigenvalue weighted by molar-refractivity contribution is 0.0706. The minimum Gasteiger partial charge on any atom is -0.496 e. The first kappa shape index (κ1) is 24.0. The summed E-state index contributed by atoms with van der Waals surface area (Å²) in [5, 5.41) is 3.58. The molecular weight excluding hydrogens is 524 g/mol. The van der Waals surface area contributed by atoms with E-state index in [1.54, 1.807) is 19.2 Å². The summed E-state index contributed by atoms with van der Waals surface area (Å²) in [5.41, 5.74) is 1.88. The molecule has 1 aliphatic heterocycles. The largest absolute Gasteiger partial charge is 0.496 e. The van der Waals surface area contributed by atoms with Gasteiger partial charge in [0, 0.05) is 38.8 Å². The highest BCUT2D eigenvalue weighted by Gasteiger charge is 2.34. The third kappa shape index (κ3) is 5.84. The van der Waals surface area contributed by atoms with E-state index in [2.05, 4.69) is 39.8 Å². The Bertz CT molecular complexity index is 1170. The van der Waals surface area contributed by atoms with Gasteiger partial charge in [0.1, 0.15) is 17.1 Å². The summed E-state index contributed by atoms with van der Waals surface area (Å²) in [6.45, 7) is 4.12. The van der Waals surface area contributed by atoms with E-state index in [0.717, 1.165) is 38.5 Å². The van der Waals surface area contributed by atoms with Crippen molar-refractivity contribution in [2.24, 2.45) is 0 Å². The number of carbonyl (C=O) groups excluding carboxylic acids is 1. The highest BCUT2D eigenvalue weighted by molar-refractivity contribution is 9.10. The van der Waals surface area contributed by atoms with Crippen molar-refractivity contribution in [3.05, 3.63) is 81.3 Å². The number of carbonyl (C=O) groups is 1. The second-order valence-electron chi connectivity index (χ2n) is 8.35. The summed E-state index contributed by atoms with van der Waals surface area (Å²) in [7, 11) is 1.64. The molecule has 4 rings (SSSR count). The van der Waals surface area contributed by atoms with Gasteiger partial charge in [0.15, 0.2) is 0 Å². The van der Waals surface area contributed by atoms with Gasteiger partial charge in [0.05, 0.1) is 12.0 Å². The average molecular weight is 548 g/mol. The topological polar surface area (TPSA) is 59.6 Å². The smallest absolute Gasteiger partial charge is 0.255 e. The molecule has 1 atom stereocenters. The molecule has 172 valence electrons. The third-order valence-electron chi connectivity index (χ3n) is 5.27. The number of benzene rings is 3. The summed E-state index contributed by atoms with van der Waals surface area (Å²) in [5.74, 6) is 1.33. The summed E-state index contributed by atoms with van der Waals surface area (Å²) in [4.78, 5) is 13.8. The van der Waals surface area contributed by atoms with E-state index in [1.165, 1.54) is 11.9 Å². The molecule has 33 heavy (non-hydrogen) atoms. The quantitative estimate of drug-likeness (QED) is 0.318. The standard InChI is InChI=1S/C25H24BrClN2O3S/c1-25(2)14-20(29-33-23-13-17(27)7-11-22(23)31-3)19-12-15(4-10-21(19)32-25)24(30)28-18-8-5-16(26)6-9-18/h4-13,20,29H,14H2,1-3H3,(H,28,30). The SMILES string of the molecule is COc1ccc(Cl)cc1SNC1CC(C)(C)Oc2ccc(C(=O)Nc3ccc(Br)cc3)cc21. The normalized spacial score (nSPS) is 16.5. The third-order valence-corrected chi connectivity index (χ3v) is 6.97. The Labute approximate surface area is 211 Å². The second kappa shape index (κ2) is 9.97. The predicted octanol–water partition coefficient (Wildman–Crippen LogP) is 7.26. The molecule has 0 aromatic heterocycles. The second-order valence-corrected chi connectivity index (χ2v) is 10.6. The molecule has 0 bridgehead atoms. The van der Waals surface area contributed by atoms with E-state index < -0.39 is 0 Å². The monoisotopic (exact) mass is 546 g/mol. The number of amides is 1. The number of nitrogens with one attached hydrogen (secondary N) is 2. The fraction of sp³-hybridized carbons (Fsp3) is 0.240. The number of fused-ring (bicyclic) bond motifs is 1. The Hall–Kier alpha value is -2.19. The first-order valence-electron chi connectivity index (χ1n) is 10.4. The van der Waals surface area contributed by atoms with Crippen LogP contribution in [0.15, 0.2) is 70.0 Å². The molecule has 0 saturated heterocycles. The molecule has 8 heteroatoms. The van der Waals surface area contributed by atoms with E-state index >= 15 is 0 Å². The molecule has 1 amide bonds.